The highest BCUT2D eigenvalue weighted by Gasteiger charge is 2.25. The lowest BCUT2D eigenvalue weighted by atomic mass is 10.2. The number of rotatable bonds is 6. The van der Waals surface area contributed by atoms with Crippen molar-refractivity contribution in [2.45, 2.75) is 6.54 Å². The van der Waals surface area contributed by atoms with Gasteiger partial charge in [-0.15, -0.1) is 5.10 Å². The maximum absolute atomic E-state index is 12.5. The van der Waals surface area contributed by atoms with E-state index in [1.807, 2.05) is 14.1 Å². The van der Waals surface area contributed by atoms with E-state index < -0.39 is 5.91 Å². The van der Waals surface area contributed by atoms with Crippen LogP contribution in [0.5, 0.6) is 5.75 Å². The van der Waals surface area contributed by atoms with Crippen LogP contribution in [-0.4, -0.2) is 56.6 Å². The fourth-order valence-electron chi connectivity index (χ4n) is 2.29. The molecule has 0 aliphatic heterocycles. The average molecular weight is 372 g/mol. The van der Waals surface area contributed by atoms with Crippen LogP contribution in [0.3, 0.4) is 0 Å². The molecule has 12 heteroatoms. The SMILES string of the molecule is C[NH+](C)Cc1c(C(=O)NN=Cc2ccccc2O)nnn1-c1nonc1N. The van der Waals surface area contributed by atoms with E-state index in [0.717, 1.165) is 4.90 Å². The highest BCUT2D eigenvalue weighted by molar-refractivity contribution is 5.94. The number of amides is 1. The number of hydrogen-bond donors (Lipinski definition) is 4. The second-order valence-electron chi connectivity index (χ2n) is 5.91. The third-order valence-corrected chi connectivity index (χ3v) is 3.50. The molecule has 1 amide bonds. The summed E-state index contributed by atoms with van der Waals surface area (Å²) in [5.74, 6) is -0.346. The zero-order chi connectivity index (χ0) is 19.4. The van der Waals surface area contributed by atoms with Gasteiger partial charge < -0.3 is 15.7 Å². The molecule has 2 heterocycles. The van der Waals surface area contributed by atoms with Crippen LogP contribution in [0.15, 0.2) is 34.0 Å². The van der Waals surface area contributed by atoms with Crippen LogP contribution >= 0.6 is 0 Å². The first kappa shape index (κ1) is 18.0. The van der Waals surface area contributed by atoms with Gasteiger partial charge in [-0.1, -0.05) is 17.3 Å². The third kappa shape index (κ3) is 3.90. The van der Waals surface area contributed by atoms with Crippen molar-refractivity contribution in [3.63, 3.8) is 0 Å². The first-order valence-electron chi connectivity index (χ1n) is 7.90. The van der Waals surface area contributed by atoms with Gasteiger partial charge in [-0.05, 0) is 22.4 Å². The van der Waals surface area contributed by atoms with Gasteiger partial charge in [0.2, 0.25) is 11.6 Å². The number of phenolic OH excluding ortho intramolecular Hbond substituents is 1. The number of nitrogens with two attached hydrogens (primary N) is 1. The molecule has 3 rings (SSSR count). The summed E-state index contributed by atoms with van der Waals surface area (Å²) in [6.07, 6.45) is 1.33. The van der Waals surface area contributed by atoms with Crippen molar-refractivity contribution in [3.05, 3.63) is 41.2 Å². The largest absolute Gasteiger partial charge is 0.507 e. The van der Waals surface area contributed by atoms with Gasteiger partial charge in [0.15, 0.2) is 5.69 Å². The summed E-state index contributed by atoms with van der Waals surface area (Å²) in [4.78, 5) is 13.5. The van der Waals surface area contributed by atoms with Crippen LogP contribution in [0, 0.1) is 0 Å². The summed E-state index contributed by atoms with van der Waals surface area (Å²) >= 11 is 0. The number of benzene rings is 1. The van der Waals surface area contributed by atoms with Crippen LogP contribution in [0.1, 0.15) is 21.7 Å². The van der Waals surface area contributed by atoms with Crippen LogP contribution in [0.4, 0.5) is 5.82 Å². The normalized spacial score (nSPS) is 11.4. The molecule has 0 saturated heterocycles. The van der Waals surface area contributed by atoms with Gasteiger partial charge in [-0.2, -0.15) is 9.78 Å². The van der Waals surface area contributed by atoms with E-state index in [0.29, 0.717) is 17.8 Å². The van der Waals surface area contributed by atoms with E-state index in [2.05, 4.69) is 35.8 Å². The quantitative estimate of drug-likeness (QED) is 0.295. The van der Waals surface area contributed by atoms with Crippen LogP contribution in [-0.2, 0) is 6.54 Å². The number of para-hydroxylation sites is 1. The summed E-state index contributed by atoms with van der Waals surface area (Å²) in [5.41, 5.74) is 9.06. The predicted octanol–water partition coefficient (Wildman–Crippen LogP) is -1.65. The molecule has 0 aliphatic rings. The first-order chi connectivity index (χ1) is 13.0. The fourth-order valence-corrected chi connectivity index (χ4v) is 2.29. The number of carbonyl (C=O) groups is 1. The molecule has 0 spiro atoms. The molecule has 0 atom stereocenters. The smallest absolute Gasteiger partial charge is 0.294 e. The molecule has 3 aromatic rings. The Morgan fingerprint density at radius 1 is 1.41 bits per heavy atom. The van der Waals surface area contributed by atoms with Crippen molar-refractivity contribution in [1.29, 1.82) is 0 Å². The standard InChI is InChI=1S/C15H17N9O3/c1-23(2)8-10-12(18-22-24(10)14-13(16)20-27-21-14)15(26)19-17-7-9-5-3-4-6-11(9)25/h3-7,25H,8H2,1-2H3,(H2,16,20)(H,19,26)/p+1. The molecule has 12 nitrogen and oxygen atoms in total. The number of nitrogen functional groups attached to an aromatic ring is 1. The number of hydrazone groups is 1. The van der Waals surface area contributed by atoms with E-state index in [-0.39, 0.29) is 23.1 Å². The Labute approximate surface area is 153 Å². The summed E-state index contributed by atoms with van der Waals surface area (Å²) < 4.78 is 5.89. The number of carbonyl (C=O) groups excluding carboxylic acids is 1. The molecule has 0 fully saturated rings. The molecule has 1 aromatic carbocycles. The second-order valence-corrected chi connectivity index (χ2v) is 5.91. The maximum Gasteiger partial charge on any atom is 0.294 e. The van der Waals surface area contributed by atoms with E-state index in [1.165, 1.54) is 17.0 Å². The van der Waals surface area contributed by atoms with Gasteiger partial charge in [0.1, 0.15) is 18.0 Å². The molecule has 0 unspecified atom stereocenters. The minimum absolute atomic E-state index is 0.0273. The van der Waals surface area contributed by atoms with Crippen LogP contribution < -0.4 is 16.1 Å². The van der Waals surface area contributed by atoms with Gasteiger partial charge in [0, 0.05) is 5.56 Å². The number of hydrogen-bond acceptors (Lipinski definition) is 9. The van der Waals surface area contributed by atoms with Crippen LogP contribution in [0.2, 0.25) is 0 Å². The summed E-state index contributed by atoms with van der Waals surface area (Å²) in [7, 11) is 3.81. The van der Waals surface area contributed by atoms with Gasteiger partial charge in [-0.25, -0.2) is 10.1 Å². The zero-order valence-electron chi connectivity index (χ0n) is 14.6. The molecular formula is C15H18N9O3+. The molecule has 2 aromatic heterocycles. The lowest BCUT2D eigenvalue weighted by Crippen LogP contribution is -3.04. The van der Waals surface area contributed by atoms with Crippen LogP contribution in [0.25, 0.3) is 5.82 Å². The fraction of sp³-hybridized carbons (Fsp3) is 0.200. The van der Waals surface area contributed by atoms with Crippen molar-refractivity contribution in [3.8, 4) is 11.6 Å². The number of nitrogens with one attached hydrogen (secondary N) is 2. The Hall–Kier alpha value is -3.80. The van der Waals surface area contributed by atoms with E-state index in [9.17, 15) is 9.90 Å². The first-order valence-corrected chi connectivity index (χ1v) is 7.90. The van der Waals surface area contributed by atoms with E-state index in [1.54, 1.807) is 18.2 Å². The number of aromatic nitrogens is 5. The highest BCUT2D eigenvalue weighted by Crippen LogP contribution is 2.15. The lowest BCUT2D eigenvalue weighted by molar-refractivity contribution is -0.873. The van der Waals surface area contributed by atoms with Crippen molar-refractivity contribution in [1.82, 2.24) is 30.7 Å². The number of anilines is 1. The number of nitrogens with zero attached hydrogens (tertiary/aromatic N) is 6. The Balaban J connectivity index is 1.85. The minimum atomic E-state index is -0.570. The number of phenols is 1. The van der Waals surface area contributed by atoms with Crippen molar-refractivity contribution in [2.24, 2.45) is 5.10 Å². The monoisotopic (exact) mass is 372 g/mol. The lowest BCUT2D eigenvalue weighted by Gasteiger charge is -2.08. The van der Waals surface area contributed by atoms with Gasteiger partial charge >= 0.3 is 0 Å². The number of quaternary nitrogens is 1. The summed E-state index contributed by atoms with van der Waals surface area (Å²) in [5, 5.41) is 28.6. The highest BCUT2D eigenvalue weighted by atomic mass is 16.6. The zero-order valence-corrected chi connectivity index (χ0v) is 14.6. The molecule has 0 aliphatic carbocycles. The summed E-state index contributed by atoms with van der Waals surface area (Å²) in [6.45, 7) is 0.408. The van der Waals surface area contributed by atoms with Gasteiger partial charge in [-0.3, -0.25) is 4.79 Å². The molecule has 0 saturated carbocycles. The Kier molecular flexibility index (Phi) is 5.08. The topological polar surface area (TPSA) is 162 Å². The number of aromatic hydroxyl groups is 1. The molecule has 0 radical (unpaired) electrons. The minimum Gasteiger partial charge on any atom is -0.507 e. The molecular weight excluding hydrogens is 354 g/mol. The Morgan fingerprint density at radius 3 is 2.85 bits per heavy atom. The van der Waals surface area contributed by atoms with Crippen molar-refractivity contribution < 1.29 is 19.4 Å². The Bertz CT molecular complexity index is 977. The van der Waals surface area contributed by atoms with E-state index >= 15 is 0 Å². The molecule has 27 heavy (non-hydrogen) atoms. The predicted molar refractivity (Wildman–Crippen MR) is 93.3 cm³/mol. The van der Waals surface area contributed by atoms with Crippen molar-refractivity contribution in [2.75, 3.05) is 19.8 Å². The maximum atomic E-state index is 12.5. The van der Waals surface area contributed by atoms with Gasteiger partial charge in [0.05, 0.1) is 20.3 Å². The van der Waals surface area contributed by atoms with Crippen molar-refractivity contribution >= 4 is 17.9 Å². The average Bonchev–Trinajstić information content (AvgIpc) is 3.22. The summed E-state index contributed by atoms with van der Waals surface area (Å²) in [6, 6.07) is 6.60. The molecule has 5 N–H and O–H groups in total. The molecule has 0 bridgehead atoms. The Morgan fingerprint density at radius 2 is 2.19 bits per heavy atom. The third-order valence-electron chi connectivity index (χ3n) is 3.50. The second kappa shape index (κ2) is 7.61. The van der Waals surface area contributed by atoms with Gasteiger partial charge in [0.25, 0.3) is 5.91 Å². The van der Waals surface area contributed by atoms with E-state index in [4.69, 9.17) is 5.73 Å². The molecule has 140 valence electrons.